The van der Waals surface area contributed by atoms with Gasteiger partial charge in [-0.25, -0.2) is 0 Å². The van der Waals surface area contributed by atoms with Crippen LogP contribution in [-0.2, 0) is 0 Å². The Kier molecular flexibility index (Phi) is 4.29. The van der Waals surface area contributed by atoms with E-state index in [9.17, 15) is 0 Å². The average Bonchev–Trinajstić information content (AvgIpc) is 2.97. The molecule has 110 valence electrons. The van der Waals surface area contributed by atoms with Gasteiger partial charge in [-0.15, -0.1) is 0 Å². The molecule has 0 unspecified atom stereocenters. The molecule has 0 radical (unpaired) electrons. The Bertz CT molecular complexity index is 478. The highest BCUT2D eigenvalue weighted by atomic mass is 35.5. The maximum absolute atomic E-state index is 6.11. The molecule has 1 aliphatic heterocycles. The smallest absolute Gasteiger partial charge is 0.0616 e. The van der Waals surface area contributed by atoms with Crippen molar-refractivity contribution in [3.63, 3.8) is 0 Å². The van der Waals surface area contributed by atoms with Crippen molar-refractivity contribution in [1.29, 1.82) is 0 Å². The predicted molar refractivity (Wildman–Crippen MR) is 86.9 cm³/mol. The van der Waals surface area contributed by atoms with Gasteiger partial charge < -0.3 is 10.6 Å². The Morgan fingerprint density at radius 1 is 0.950 bits per heavy atom. The van der Waals surface area contributed by atoms with Crippen molar-refractivity contribution in [2.75, 3.05) is 36.8 Å². The van der Waals surface area contributed by atoms with Crippen LogP contribution in [0.5, 0.6) is 0 Å². The monoisotopic (exact) mass is 313 g/mol. The number of halogens is 2. The van der Waals surface area contributed by atoms with Crippen LogP contribution in [0, 0.1) is 0 Å². The molecule has 20 heavy (non-hydrogen) atoms. The molecule has 1 saturated heterocycles. The van der Waals surface area contributed by atoms with Crippen LogP contribution < -0.4 is 10.6 Å². The standard InChI is InChI=1S/C15H21Cl2N3/c16-12-9-14(18)15(10-13(12)17)20-7-5-19(6-8-20)11-3-1-2-4-11/h9-11H,1-8,18H2. The van der Waals surface area contributed by atoms with E-state index >= 15 is 0 Å². The topological polar surface area (TPSA) is 32.5 Å². The molecule has 3 nitrogen and oxygen atoms in total. The van der Waals surface area contributed by atoms with Gasteiger partial charge in [0.1, 0.15) is 0 Å². The van der Waals surface area contributed by atoms with E-state index in [2.05, 4.69) is 9.80 Å². The summed E-state index contributed by atoms with van der Waals surface area (Å²) in [4.78, 5) is 4.96. The molecule has 2 fully saturated rings. The summed E-state index contributed by atoms with van der Waals surface area (Å²) in [5.74, 6) is 0. The zero-order valence-corrected chi connectivity index (χ0v) is 13.1. The number of hydrogen-bond acceptors (Lipinski definition) is 3. The van der Waals surface area contributed by atoms with E-state index in [4.69, 9.17) is 28.9 Å². The highest BCUT2D eigenvalue weighted by Crippen LogP contribution is 2.34. The lowest BCUT2D eigenvalue weighted by atomic mass is 10.1. The third-order valence-corrected chi connectivity index (χ3v) is 5.29. The summed E-state index contributed by atoms with van der Waals surface area (Å²) < 4.78 is 0. The largest absolute Gasteiger partial charge is 0.397 e. The van der Waals surface area contributed by atoms with Crippen molar-refractivity contribution in [1.82, 2.24) is 4.90 Å². The van der Waals surface area contributed by atoms with E-state index < -0.39 is 0 Å². The van der Waals surface area contributed by atoms with E-state index in [1.807, 2.05) is 6.07 Å². The second kappa shape index (κ2) is 6.00. The van der Waals surface area contributed by atoms with Crippen molar-refractivity contribution in [3.05, 3.63) is 22.2 Å². The highest BCUT2D eigenvalue weighted by Gasteiger charge is 2.26. The van der Waals surface area contributed by atoms with Gasteiger partial charge in [0.2, 0.25) is 0 Å². The molecule has 0 spiro atoms. The lowest BCUT2D eigenvalue weighted by Gasteiger charge is -2.39. The number of nitrogen functional groups attached to an aromatic ring is 1. The van der Waals surface area contributed by atoms with Crippen molar-refractivity contribution in [2.24, 2.45) is 0 Å². The molecule has 0 bridgehead atoms. The van der Waals surface area contributed by atoms with Gasteiger partial charge in [-0.2, -0.15) is 0 Å². The van der Waals surface area contributed by atoms with Gasteiger partial charge in [0.25, 0.3) is 0 Å². The third kappa shape index (κ3) is 2.85. The van der Waals surface area contributed by atoms with Crippen LogP contribution in [-0.4, -0.2) is 37.1 Å². The maximum atomic E-state index is 6.11. The number of benzene rings is 1. The van der Waals surface area contributed by atoms with E-state index in [-0.39, 0.29) is 0 Å². The lowest BCUT2D eigenvalue weighted by Crippen LogP contribution is -2.49. The summed E-state index contributed by atoms with van der Waals surface area (Å²) in [6.07, 6.45) is 5.53. The molecule has 5 heteroatoms. The van der Waals surface area contributed by atoms with Gasteiger partial charge in [-0.05, 0) is 25.0 Å². The minimum atomic E-state index is 0.525. The van der Waals surface area contributed by atoms with Crippen LogP contribution in [0.4, 0.5) is 11.4 Å². The van der Waals surface area contributed by atoms with Crippen LogP contribution in [0.1, 0.15) is 25.7 Å². The fraction of sp³-hybridized carbons (Fsp3) is 0.600. The average molecular weight is 314 g/mol. The molecular weight excluding hydrogens is 293 g/mol. The van der Waals surface area contributed by atoms with Crippen molar-refractivity contribution in [2.45, 2.75) is 31.7 Å². The fourth-order valence-electron chi connectivity index (χ4n) is 3.42. The van der Waals surface area contributed by atoms with Gasteiger partial charge in [0, 0.05) is 32.2 Å². The maximum Gasteiger partial charge on any atom is 0.0616 e. The number of hydrogen-bond donors (Lipinski definition) is 1. The number of nitrogens with zero attached hydrogens (tertiary/aromatic N) is 2. The number of piperazine rings is 1. The fourth-order valence-corrected chi connectivity index (χ4v) is 3.75. The first kappa shape index (κ1) is 14.3. The number of anilines is 2. The second-order valence-electron chi connectivity index (χ2n) is 5.79. The molecule has 0 atom stereocenters. The SMILES string of the molecule is Nc1cc(Cl)c(Cl)cc1N1CCN(C2CCCC2)CC1. The molecule has 0 aromatic heterocycles. The quantitative estimate of drug-likeness (QED) is 0.846. The Morgan fingerprint density at radius 3 is 2.20 bits per heavy atom. The summed E-state index contributed by atoms with van der Waals surface area (Å²) in [5, 5.41) is 1.10. The van der Waals surface area contributed by atoms with Crippen molar-refractivity contribution < 1.29 is 0 Å². The van der Waals surface area contributed by atoms with Crippen LogP contribution in [0.2, 0.25) is 10.0 Å². The summed E-state index contributed by atoms with van der Waals surface area (Å²) in [6.45, 7) is 4.26. The summed E-state index contributed by atoms with van der Waals surface area (Å²) in [5.41, 5.74) is 7.81. The molecule has 1 aliphatic carbocycles. The van der Waals surface area contributed by atoms with Gasteiger partial charge in [-0.3, -0.25) is 4.90 Å². The minimum Gasteiger partial charge on any atom is -0.397 e. The summed E-state index contributed by atoms with van der Waals surface area (Å²) in [7, 11) is 0. The third-order valence-electron chi connectivity index (χ3n) is 4.57. The Hall–Kier alpha value is -0.640. The summed E-state index contributed by atoms with van der Waals surface area (Å²) in [6, 6.07) is 4.45. The van der Waals surface area contributed by atoms with E-state index in [0.29, 0.717) is 15.7 Å². The molecule has 1 aromatic carbocycles. The van der Waals surface area contributed by atoms with Crippen LogP contribution in [0.25, 0.3) is 0 Å². The minimum absolute atomic E-state index is 0.525. The highest BCUT2D eigenvalue weighted by molar-refractivity contribution is 6.42. The first-order valence-corrected chi connectivity index (χ1v) is 8.14. The Labute approximate surface area is 130 Å². The molecule has 1 heterocycles. The van der Waals surface area contributed by atoms with E-state index in [1.165, 1.54) is 25.7 Å². The molecule has 2 aliphatic rings. The van der Waals surface area contributed by atoms with Crippen LogP contribution >= 0.6 is 23.2 Å². The lowest BCUT2D eigenvalue weighted by molar-refractivity contribution is 0.187. The molecule has 2 N–H and O–H groups in total. The first-order valence-electron chi connectivity index (χ1n) is 7.38. The predicted octanol–water partition coefficient (Wildman–Crippen LogP) is 3.64. The Balaban J connectivity index is 1.67. The van der Waals surface area contributed by atoms with E-state index in [0.717, 1.165) is 37.9 Å². The van der Waals surface area contributed by atoms with Gasteiger partial charge in [-0.1, -0.05) is 36.0 Å². The number of rotatable bonds is 2. The van der Waals surface area contributed by atoms with Crippen molar-refractivity contribution in [3.8, 4) is 0 Å². The molecule has 1 saturated carbocycles. The van der Waals surface area contributed by atoms with Crippen molar-refractivity contribution >= 4 is 34.6 Å². The summed E-state index contributed by atoms with van der Waals surface area (Å²) >= 11 is 12.1. The van der Waals surface area contributed by atoms with Crippen LogP contribution in [0.3, 0.4) is 0 Å². The Morgan fingerprint density at radius 2 is 1.55 bits per heavy atom. The van der Waals surface area contributed by atoms with E-state index in [1.54, 1.807) is 6.07 Å². The zero-order chi connectivity index (χ0) is 14.1. The van der Waals surface area contributed by atoms with Gasteiger partial charge in [0.05, 0.1) is 21.4 Å². The first-order chi connectivity index (χ1) is 9.65. The molecule has 0 amide bonds. The zero-order valence-electron chi connectivity index (χ0n) is 11.6. The second-order valence-corrected chi connectivity index (χ2v) is 6.60. The molecule has 1 aromatic rings. The van der Waals surface area contributed by atoms with Crippen LogP contribution in [0.15, 0.2) is 12.1 Å². The number of nitrogens with two attached hydrogens (primary N) is 1. The van der Waals surface area contributed by atoms with Gasteiger partial charge >= 0.3 is 0 Å². The molecule has 3 rings (SSSR count). The normalized spacial score (nSPS) is 21.6. The van der Waals surface area contributed by atoms with Gasteiger partial charge in [0.15, 0.2) is 0 Å². The molecular formula is C15H21Cl2N3.